The number of aromatic nitrogens is 3. The number of methoxy groups -OCH3 is 1. The van der Waals surface area contributed by atoms with Crippen LogP contribution in [0.4, 0.5) is 5.95 Å². The van der Waals surface area contributed by atoms with Gasteiger partial charge in [-0.25, -0.2) is 0 Å². The average Bonchev–Trinajstić information content (AvgIpc) is 3.15. The molecule has 10 heteroatoms. The number of rotatable bonds is 10. The SMILES string of the molecule is CCC(CC)NC(=O)c1nnc(N2CCOC(COC)C2)n1CCNC(=O)C(C)(C)C. The highest BCUT2D eigenvalue weighted by molar-refractivity contribution is 5.91. The maximum atomic E-state index is 12.9. The van der Waals surface area contributed by atoms with Crippen LogP contribution in [-0.4, -0.2) is 78.7 Å². The summed E-state index contributed by atoms with van der Waals surface area (Å²) < 4.78 is 12.7. The van der Waals surface area contributed by atoms with Gasteiger partial charge in [-0.05, 0) is 12.8 Å². The Kier molecular flexibility index (Phi) is 9.24. The zero-order valence-electron chi connectivity index (χ0n) is 19.7. The van der Waals surface area contributed by atoms with Crippen LogP contribution in [0.2, 0.25) is 0 Å². The van der Waals surface area contributed by atoms with Crippen molar-refractivity contribution in [1.29, 1.82) is 0 Å². The summed E-state index contributed by atoms with van der Waals surface area (Å²) in [4.78, 5) is 27.2. The van der Waals surface area contributed by atoms with Crippen LogP contribution >= 0.6 is 0 Å². The Hall–Kier alpha value is -2.20. The monoisotopic (exact) mass is 438 g/mol. The standard InChI is InChI=1S/C21H38N6O4/c1-7-15(8-2)23-18(28)17-24-25-20(26-11-12-31-16(13-26)14-30-6)27(17)10-9-22-19(29)21(3,4)5/h15-16H,7-14H2,1-6H3,(H,22,29)(H,23,28). The van der Waals surface area contributed by atoms with E-state index in [0.29, 0.717) is 45.3 Å². The molecule has 2 heterocycles. The summed E-state index contributed by atoms with van der Waals surface area (Å²) in [6.07, 6.45) is 1.60. The minimum atomic E-state index is -0.483. The first-order valence-electron chi connectivity index (χ1n) is 11.1. The van der Waals surface area contributed by atoms with Gasteiger partial charge in [0.2, 0.25) is 17.7 Å². The molecule has 1 fully saturated rings. The molecule has 10 nitrogen and oxygen atoms in total. The summed E-state index contributed by atoms with van der Waals surface area (Å²) in [5.41, 5.74) is -0.483. The molecule has 1 atom stereocenters. The van der Waals surface area contributed by atoms with E-state index < -0.39 is 5.41 Å². The minimum absolute atomic E-state index is 0.0447. The van der Waals surface area contributed by atoms with E-state index in [-0.39, 0.29) is 29.8 Å². The quantitative estimate of drug-likeness (QED) is 0.565. The molecule has 1 unspecified atom stereocenters. The highest BCUT2D eigenvalue weighted by Gasteiger charge is 2.28. The summed E-state index contributed by atoms with van der Waals surface area (Å²) in [6.45, 7) is 12.7. The predicted octanol–water partition coefficient (Wildman–Crippen LogP) is 1.21. The average molecular weight is 439 g/mol. The second kappa shape index (κ2) is 11.4. The normalized spacial score (nSPS) is 17.1. The Morgan fingerprint density at radius 1 is 1.26 bits per heavy atom. The predicted molar refractivity (Wildman–Crippen MR) is 118 cm³/mol. The molecule has 1 saturated heterocycles. The highest BCUT2D eigenvalue weighted by atomic mass is 16.5. The van der Waals surface area contributed by atoms with Crippen LogP contribution in [0.1, 0.15) is 58.1 Å². The Morgan fingerprint density at radius 3 is 2.58 bits per heavy atom. The molecule has 1 aliphatic heterocycles. The van der Waals surface area contributed by atoms with Gasteiger partial charge in [-0.2, -0.15) is 0 Å². The molecule has 0 spiro atoms. The zero-order valence-corrected chi connectivity index (χ0v) is 19.7. The summed E-state index contributed by atoms with van der Waals surface area (Å²) in [6, 6.07) is 0.0798. The van der Waals surface area contributed by atoms with Crippen LogP contribution in [0.5, 0.6) is 0 Å². The number of ether oxygens (including phenoxy) is 2. The fourth-order valence-corrected chi connectivity index (χ4v) is 3.38. The second-order valence-electron chi connectivity index (χ2n) is 8.86. The number of nitrogens with one attached hydrogen (secondary N) is 2. The Labute approximate surface area is 185 Å². The van der Waals surface area contributed by atoms with Crippen LogP contribution in [0.25, 0.3) is 0 Å². The van der Waals surface area contributed by atoms with E-state index in [1.165, 1.54) is 0 Å². The number of anilines is 1. The molecule has 1 aromatic heterocycles. The molecule has 176 valence electrons. The smallest absolute Gasteiger partial charge is 0.289 e. The number of carbonyl (C=O) groups excluding carboxylic acids is 2. The fraction of sp³-hybridized carbons (Fsp3) is 0.810. The van der Waals surface area contributed by atoms with Crippen LogP contribution in [0.15, 0.2) is 0 Å². The van der Waals surface area contributed by atoms with Gasteiger partial charge >= 0.3 is 0 Å². The minimum Gasteiger partial charge on any atom is -0.382 e. The fourth-order valence-electron chi connectivity index (χ4n) is 3.38. The lowest BCUT2D eigenvalue weighted by Crippen LogP contribution is -2.46. The van der Waals surface area contributed by atoms with Crippen LogP contribution < -0.4 is 15.5 Å². The van der Waals surface area contributed by atoms with Crippen molar-refractivity contribution in [1.82, 2.24) is 25.4 Å². The van der Waals surface area contributed by atoms with Crippen molar-refractivity contribution in [3.63, 3.8) is 0 Å². The van der Waals surface area contributed by atoms with Gasteiger partial charge in [-0.1, -0.05) is 34.6 Å². The molecule has 0 saturated carbocycles. The van der Waals surface area contributed by atoms with Crippen molar-refractivity contribution < 1.29 is 19.1 Å². The summed E-state index contributed by atoms with van der Waals surface area (Å²) in [5, 5.41) is 14.5. The van der Waals surface area contributed by atoms with Gasteiger partial charge in [0, 0.05) is 44.7 Å². The summed E-state index contributed by atoms with van der Waals surface area (Å²) >= 11 is 0. The molecule has 2 N–H and O–H groups in total. The van der Waals surface area contributed by atoms with Crippen molar-refractivity contribution in [3.8, 4) is 0 Å². The van der Waals surface area contributed by atoms with Gasteiger partial charge in [0.05, 0.1) is 19.3 Å². The highest BCUT2D eigenvalue weighted by Crippen LogP contribution is 2.18. The summed E-state index contributed by atoms with van der Waals surface area (Å²) in [7, 11) is 1.64. The first kappa shape index (κ1) is 25.1. The van der Waals surface area contributed by atoms with Crippen LogP contribution in [0.3, 0.4) is 0 Å². The third-order valence-electron chi connectivity index (χ3n) is 5.33. The van der Waals surface area contributed by atoms with E-state index in [2.05, 4.69) is 25.7 Å². The van der Waals surface area contributed by atoms with Gasteiger partial charge in [-0.3, -0.25) is 14.2 Å². The molecule has 2 rings (SSSR count). The van der Waals surface area contributed by atoms with Gasteiger partial charge in [-0.15, -0.1) is 10.2 Å². The van der Waals surface area contributed by atoms with Crippen molar-refractivity contribution in [2.75, 3.05) is 44.9 Å². The third kappa shape index (κ3) is 6.90. The van der Waals surface area contributed by atoms with E-state index in [1.807, 2.05) is 34.6 Å². The number of carbonyl (C=O) groups is 2. The Bertz CT molecular complexity index is 724. The van der Waals surface area contributed by atoms with Gasteiger partial charge in [0.25, 0.3) is 5.91 Å². The molecule has 2 amide bonds. The van der Waals surface area contributed by atoms with Gasteiger partial charge in [0.1, 0.15) is 0 Å². The molecule has 0 aliphatic carbocycles. The first-order valence-corrected chi connectivity index (χ1v) is 11.1. The van der Waals surface area contributed by atoms with E-state index >= 15 is 0 Å². The second-order valence-corrected chi connectivity index (χ2v) is 8.86. The van der Waals surface area contributed by atoms with Crippen molar-refractivity contribution in [2.24, 2.45) is 5.41 Å². The number of morpholine rings is 1. The third-order valence-corrected chi connectivity index (χ3v) is 5.33. The largest absolute Gasteiger partial charge is 0.382 e. The summed E-state index contributed by atoms with van der Waals surface area (Å²) in [5.74, 6) is 0.554. The lowest BCUT2D eigenvalue weighted by Gasteiger charge is -2.33. The molecule has 0 radical (unpaired) electrons. The van der Waals surface area contributed by atoms with Crippen molar-refractivity contribution in [3.05, 3.63) is 5.82 Å². The molecular weight excluding hydrogens is 400 g/mol. The zero-order chi connectivity index (χ0) is 23.0. The topological polar surface area (TPSA) is 111 Å². The number of hydrogen-bond donors (Lipinski definition) is 2. The van der Waals surface area contributed by atoms with Crippen molar-refractivity contribution >= 4 is 17.8 Å². The molecule has 1 aromatic rings. The van der Waals surface area contributed by atoms with Gasteiger partial charge in [0.15, 0.2) is 0 Å². The maximum absolute atomic E-state index is 12.9. The van der Waals surface area contributed by atoms with E-state index in [0.717, 1.165) is 12.8 Å². The maximum Gasteiger partial charge on any atom is 0.289 e. The lowest BCUT2D eigenvalue weighted by atomic mass is 9.96. The molecular formula is C21H38N6O4. The van der Waals surface area contributed by atoms with E-state index in [9.17, 15) is 9.59 Å². The number of hydrogen-bond acceptors (Lipinski definition) is 7. The first-order chi connectivity index (χ1) is 14.7. The van der Waals surface area contributed by atoms with Crippen molar-refractivity contribution in [2.45, 2.75) is 66.2 Å². The van der Waals surface area contributed by atoms with E-state index in [1.54, 1.807) is 11.7 Å². The van der Waals surface area contributed by atoms with E-state index in [4.69, 9.17) is 9.47 Å². The number of amides is 2. The molecule has 0 aromatic carbocycles. The molecule has 0 bridgehead atoms. The van der Waals surface area contributed by atoms with Crippen LogP contribution in [-0.2, 0) is 20.8 Å². The molecule has 31 heavy (non-hydrogen) atoms. The Morgan fingerprint density at radius 2 is 1.97 bits per heavy atom. The lowest BCUT2D eigenvalue weighted by molar-refractivity contribution is -0.128. The Balaban J connectivity index is 2.22. The number of nitrogens with zero attached hydrogens (tertiary/aromatic N) is 4. The van der Waals surface area contributed by atoms with Gasteiger partial charge < -0.3 is 25.0 Å². The molecule has 1 aliphatic rings. The van der Waals surface area contributed by atoms with Crippen LogP contribution in [0, 0.1) is 5.41 Å².